The average molecular weight is 261 g/mol. The van der Waals surface area contributed by atoms with E-state index in [0.717, 1.165) is 0 Å². The lowest BCUT2D eigenvalue weighted by molar-refractivity contribution is -0.383. The minimum Gasteiger partial charge on any atom is -0.423 e. The lowest BCUT2D eigenvalue weighted by Crippen LogP contribution is -2.33. The summed E-state index contributed by atoms with van der Waals surface area (Å²) in [6, 6.07) is 5.06. The second-order valence-electron chi connectivity index (χ2n) is 5.52. The third kappa shape index (κ3) is 2.14. The van der Waals surface area contributed by atoms with Gasteiger partial charge in [0.25, 0.3) is 11.7 Å². The zero-order valence-electron chi connectivity index (χ0n) is 10.8. The molecule has 1 aromatic carbocycles. The molecule has 19 heavy (non-hydrogen) atoms. The molecule has 0 amide bonds. The molecule has 3 rings (SSSR count). The molecule has 1 heterocycles. The Bertz CT molecular complexity index is 644. The fourth-order valence-corrected chi connectivity index (χ4v) is 2.32. The molecule has 0 aliphatic heterocycles. The second kappa shape index (κ2) is 3.94. The van der Waals surface area contributed by atoms with Crippen molar-refractivity contribution < 1.29 is 9.34 Å². The molecule has 1 fully saturated rings. The maximum absolute atomic E-state index is 10.9. The Morgan fingerprint density at radius 1 is 1.47 bits per heavy atom. The van der Waals surface area contributed by atoms with Gasteiger partial charge in [0.15, 0.2) is 11.1 Å². The summed E-state index contributed by atoms with van der Waals surface area (Å²) in [5, 5.41) is 14.2. The molecule has 0 unspecified atom stereocenters. The highest BCUT2D eigenvalue weighted by Gasteiger charge is 2.38. The molecule has 1 aliphatic carbocycles. The number of nitro benzene ring substituents is 1. The molecule has 1 N–H and O–H groups in total. The summed E-state index contributed by atoms with van der Waals surface area (Å²) < 4.78 is 5.55. The number of hydrogen-bond donors (Lipinski definition) is 1. The first-order valence-corrected chi connectivity index (χ1v) is 6.29. The van der Waals surface area contributed by atoms with Crippen LogP contribution in [0.1, 0.15) is 26.7 Å². The van der Waals surface area contributed by atoms with E-state index in [1.54, 1.807) is 12.1 Å². The van der Waals surface area contributed by atoms with Crippen LogP contribution in [0.25, 0.3) is 11.1 Å². The highest BCUT2D eigenvalue weighted by Crippen LogP contribution is 2.41. The Balaban J connectivity index is 1.97. The standard InChI is InChI=1S/C13H15N3O3/c1-13(2,8-6-7-8)15-12-14-11-9(16(17)18)4-3-5-10(11)19-12/h3-5,8H,6-7H2,1-2H3,(H,14,15). The van der Waals surface area contributed by atoms with E-state index in [2.05, 4.69) is 24.1 Å². The molecule has 0 bridgehead atoms. The topological polar surface area (TPSA) is 81.2 Å². The summed E-state index contributed by atoms with van der Waals surface area (Å²) in [6.07, 6.45) is 2.39. The van der Waals surface area contributed by atoms with Gasteiger partial charge < -0.3 is 9.73 Å². The number of para-hydroxylation sites is 1. The van der Waals surface area contributed by atoms with Crippen LogP contribution in [0.4, 0.5) is 11.7 Å². The first-order valence-electron chi connectivity index (χ1n) is 6.29. The van der Waals surface area contributed by atoms with E-state index in [0.29, 0.717) is 23.0 Å². The number of rotatable bonds is 4. The molecule has 1 saturated carbocycles. The van der Waals surface area contributed by atoms with Crippen molar-refractivity contribution in [1.82, 2.24) is 4.98 Å². The van der Waals surface area contributed by atoms with Crippen LogP contribution in [0.15, 0.2) is 22.6 Å². The number of nitro groups is 1. The monoisotopic (exact) mass is 261 g/mol. The van der Waals surface area contributed by atoms with E-state index in [-0.39, 0.29) is 11.2 Å². The Morgan fingerprint density at radius 2 is 2.21 bits per heavy atom. The van der Waals surface area contributed by atoms with E-state index >= 15 is 0 Å². The minimum absolute atomic E-state index is 0.0291. The van der Waals surface area contributed by atoms with Crippen molar-refractivity contribution in [2.45, 2.75) is 32.2 Å². The van der Waals surface area contributed by atoms with Gasteiger partial charge in [-0.1, -0.05) is 6.07 Å². The van der Waals surface area contributed by atoms with Crippen LogP contribution in [-0.4, -0.2) is 15.4 Å². The van der Waals surface area contributed by atoms with Crippen LogP contribution in [0.5, 0.6) is 0 Å². The first kappa shape index (κ1) is 12.0. The van der Waals surface area contributed by atoms with Crippen LogP contribution < -0.4 is 5.32 Å². The molecule has 2 aromatic rings. The predicted octanol–water partition coefficient (Wildman–Crippen LogP) is 3.34. The van der Waals surface area contributed by atoms with Crippen LogP contribution >= 0.6 is 0 Å². The predicted molar refractivity (Wildman–Crippen MR) is 71.1 cm³/mol. The van der Waals surface area contributed by atoms with Gasteiger partial charge in [-0.05, 0) is 38.7 Å². The smallest absolute Gasteiger partial charge is 0.298 e. The van der Waals surface area contributed by atoms with Crippen molar-refractivity contribution in [2.75, 3.05) is 5.32 Å². The fraction of sp³-hybridized carbons (Fsp3) is 0.462. The molecule has 100 valence electrons. The van der Waals surface area contributed by atoms with Crippen molar-refractivity contribution >= 4 is 22.8 Å². The number of nitrogens with one attached hydrogen (secondary N) is 1. The van der Waals surface area contributed by atoms with E-state index in [1.807, 2.05) is 0 Å². The van der Waals surface area contributed by atoms with Crippen molar-refractivity contribution in [3.05, 3.63) is 28.3 Å². The third-order valence-corrected chi connectivity index (χ3v) is 3.62. The Morgan fingerprint density at radius 3 is 2.84 bits per heavy atom. The molecule has 0 spiro atoms. The molecule has 0 atom stereocenters. The molecular formula is C13H15N3O3. The maximum Gasteiger partial charge on any atom is 0.298 e. The van der Waals surface area contributed by atoms with Gasteiger partial charge in [-0.25, -0.2) is 0 Å². The average Bonchev–Trinajstić information content (AvgIpc) is 3.10. The van der Waals surface area contributed by atoms with E-state index < -0.39 is 4.92 Å². The van der Waals surface area contributed by atoms with E-state index in [1.165, 1.54) is 18.9 Å². The van der Waals surface area contributed by atoms with E-state index in [4.69, 9.17) is 4.42 Å². The third-order valence-electron chi connectivity index (χ3n) is 3.62. The van der Waals surface area contributed by atoms with Crippen LogP contribution in [0, 0.1) is 16.0 Å². The first-order chi connectivity index (χ1) is 8.97. The SMILES string of the molecule is CC(C)(Nc1nc2c([N+](=O)[O-])cccc2o1)C1CC1. The Labute approximate surface area is 110 Å². The molecule has 6 heteroatoms. The maximum atomic E-state index is 10.9. The number of aromatic nitrogens is 1. The van der Waals surface area contributed by atoms with Gasteiger partial charge in [-0.15, -0.1) is 0 Å². The van der Waals surface area contributed by atoms with Gasteiger partial charge in [-0.3, -0.25) is 10.1 Å². The molecule has 1 aliphatic rings. The molecule has 0 saturated heterocycles. The summed E-state index contributed by atoms with van der Waals surface area (Å²) in [4.78, 5) is 14.7. The number of non-ortho nitro benzene ring substituents is 1. The zero-order chi connectivity index (χ0) is 13.6. The summed E-state index contributed by atoms with van der Waals surface area (Å²) >= 11 is 0. The van der Waals surface area contributed by atoms with Gasteiger partial charge in [0.2, 0.25) is 0 Å². The van der Waals surface area contributed by atoms with E-state index in [9.17, 15) is 10.1 Å². The summed E-state index contributed by atoms with van der Waals surface area (Å²) in [6.45, 7) is 4.18. The van der Waals surface area contributed by atoms with Crippen LogP contribution in [0.2, 0.25) is 0 Å². The summed E-state index contributed by atoms with van der Waals surface area (Å²) in [7, 11) is 0. The highest BCUT2D eigenvalue weighted by atomic mass is 16.6. The summed E-state index contributed by atoms with van der Waals surface area (Å²) in [5.74, 6) is 0.609. The molecular weight excluding hydrogens is 246 g/mol. The quantitative estimate of drug-likeness (QED) is 0.674. The second-order valence-corrected chi connectivity index (χ2v) is 5.52. The number of hydrogen-bond acceptors (Lipinski definition) is 5. The van der Waals surface area contributed by atoms with Crippen molar-refractivity contribution in [3.8, 4) is 0 Å². The zero-order valence-corrected chi connectivity index (χ0v) is 10.8. The Kier molecular flexibility index (Phi) is 2.48. The van der Waals surface area contributed by atoms with Crippen molar-refractivity contribution in [2.24, 2.45) is 5.92 Å². The molecule has 1 aromatic heterocycles. The number of nitrogens with zero attached hydrogens (tertiary/aromatic N) is 2. The lowest BCUT2D eigenvalue weighted by atomic mass is 9.99. The van der Waals surface area contributed by atoms with Gasteiger partial charge in [0.05, 0.1) is 4.92 Å². The highest BCUT2D eigenvalue weighted by molar-refractivity contribution is 5.84. The largest absolute Gasteiger partial charge is 0.423 e. The fourth-order valence-electron chi connectivity index (χ4n) is 2.32. The normalized spacial score (nSPS) is 15.7. The van der Waals surface area contributed by atoms with Gasteiger partial charge in [0, 0.05) is 11.6 Å². The number of benzene rings is 1. The van der Waals surface area contributed by atoms with Gasteiger partial charge in [0.1, 0.15) is 0 Å². The van der Waals surface area contributed by atoms with Crippen molar-refractivity contribution in [1.29, 1.82) is 0 Å². The Hall–Kier alpha value is -2.11. The van der Waals surface area contributed by atoms with Gasteiger partial charge in [-0.2, -0.15) is 4.98 Å². The molecule has 0 radical (unpaired) electrons. The lowest BCUT2D eigenvalue weighted by Gasteiger charge is -2.24. The molecule has 6 nitrogen and oxygen atoms in total. The number of oxazole rings is 1. The van der Waals surface area contributed by atoms with Crippen molar-refractivity contribution in [3.63, 3.8) is 0 Å². The van der Waals surface area contributed by atoms with Crippen LogP contribution in [0.3, 0.4) is 0 Å². The van der Waals surface area contributed by atoms with Crippen LogP contribution in [-0.2, 0) is 0 Å². The van der Waals surface area contributed by atoms with Gasteiger partial charge >= 0.3 is 0 Å². The number of fused-ring (bicyclic) bond motifs is 1. The number of anilines is 1. The minimum atomic E-state index is -0.444. The summed E-state index contributed by atoms with van der Waals surface area (Å²) in [5.41, 5.74) is 0.596.